The molecule has 1 saturated carbocycles. The molecule has 1 aliphatic rings. The van der Waals surface area contributed by atoms with Crippen molar-refractivity contribution < 1.29 is 9.53 Å². The smallest absolute Gasteiger partial charge is 0.254 e. The van der Waals surface area contributed by atoms with Gasteiger partial charge < -0.3 is 19.9 Å². The van der Waals surface area contributed by atoms with Gasteiger partial charge in [0.2, 0.25) is 0 Å². The van der Waals surface area contributed by atoms with Gasteiger partial charge in [0.05, 0.1) is 24.0 Å². The van der Waals surface area contributed by atoms with E-state index in [0.717, 1.165) is 52.9 Å². The van der Waals surface area contributed by atoms with E-state index in [-0.39, 0.29) is 17.7 Å². The summed E-state index contributed by atoms with van der Waals surface area (Å²) in [4.78, 5) is 24.0. The number of primary amides is 1. The van der Waals surface area contributed by atoms with Crippen molar-refractivity contribution in [2.24, 2.45) is 5.73 Å². The molecule has 0 radical (unpaired) electrons. The number of amides is 1. The van der Waals surface area contributed by atoms with Crippen LogP contribution in [0.1, 0.15) is 41.2 Å². The molecule has 2 N–H and O–H groups in total. The molecule has 0 spiro atoms. The lowest BCUT2D eigenvalue weighted by Crippen LogP contribution is -2.20. The zero-order chi connectivity index (χ0) is 25.5. The number of benzene rings is 1. The highest BCUT2D eigenvalue weighted by molar-refractivity contribution is 6.00. The van der Waals surface area contributed by atoms with E-state index in [1.165, 1.54) is 6.20 Å². The fraction of sp³-hybridized carbons (Fsp3) is 0.286. The highest BCUT2D eigenvalue weighted by Crippen LogP contribution is 2.38. The number of hydrogen-bond acceptors (Lipinski definition) is 6. The minimum Gasteiger partial charge on any atom is -0.379 e. The fourth-order valence-electron chi connectivity index (χ4n) is 5.51. The molecule has 0 saturated heterocycles. The molecule has 1 fully saturated rings. The zero-order valence-corrected chi connectivity index (χ0v) is 20.9. The van der Waals surface area contributed by atoms with Gasteiger partial charge in [-0.2, -0.15) is 9.61 Å². The Morgan fingerprint density at radius 1 is 1.16 bits per heavy atom. The third-order valence-corrected chi connectivity index (χ3v) is 7.32. The van der Waals surface area contributed by atoms with Gasteiger partial charge in [-0.3, -0.25) is 4.79 Å². The van der Waals surface area contributed by atoms with Crippen molar-refractivity contribution in [1.82, 2.24) is 24.1 Å². The van der Waals surface area contributed by atoms with E-state index in [9.17, 15) is 4.79 Å². The summed E-state index contributed by atoms with van der Waals surface area (Å²) < 4.78 is 9.72. The quantitative estimate of drug-likeness (QED) is 0.363. The first-order valence-corrected chi connectivity index (χ1v) is 12.5. The minimum absolute atomic E-state index is 0.143. The first-order chi connectivity index (χ1) is 18.0. The average Bonchev–Trinajstić information content (AvgIpc) is 3.65. The molecule has 188 valence electrons. The molecule has 4 aromatic heterocycles. The van der Waals surface area contributed by atoms with Gasteiger partial charge in [-0.25, -0.2) is 9.97 Å². The number of hydrogen-bond donors (Lipinski definition) is 1. The van der Waals surface area contributed by atoms with Crippen LogP contribution in [0.5, 0.6) is 0 Å². The second kappa shape index (κ2) is 9.33. The van der Waals surface area contributed by atoms with E-state index in [2.05, 4.69) is 39.0 Å². The van der Waals surface area contributed by atoms with E-state index in [1.807, 2.05) is 43.6 Å². The standard InChI is InChI=1S/C28H29N7O2/c1-33(16-18-8-4-3-5-9-18)25-14-22(32-28-20(26(29)36)15-31-35(25)28)21-17-34(23-11-6-12-24(23)37-2)27-19(21)10-7-13-30-27/h3-5,7-10,13-15,17,23-24H,6,11-12,16H2,1-2H3,(H2,29,36)/t23-,24-/m1/s1. The minimum atomic E-state index is -0.561. The van der Waals surface area contributed by atoms with Crippen LogP contribution >= 0.6 is 0 Å². The molecule has 0 aliphatic heterocycles. The maximum absolute atomic E-state index is 12.2. The second-order valence-corrected chi connectivity index (χ2v) is 9.60. The highest BCUT2D eigenvalue weighted by atomic mass is 16.5. The maximum Gasteiger partial charge on any atom is 0.254 e. The lowest BCUT2D eigenvalue weighted by molar-refractivity contribution is 0.0762. The number of ether oxygens (including phenoxy) is 1. The molecule has 9 heteroatoms. The zero-order valence-electron chi connectivity index (χ0n) is 20.9. The second-order valence-electron chi connectivity index (χ2n) is 9.60. The summed E-state index contributed by atoms with van der Waals surface area (Å²) in [6.07, 6.45) is 8.74. The Labute approximate surface area is 214 Å². The molecule has 0 unspecified atom stereocenters. The van der Waals surface area contributed by atoms with Gasteiger partial charge in [-0.15, -0.1) is 0 Å². The number of carbonyl (C=O) groups is 1. The van der Waals surface area contributed by atoms with Crippen LogP contribution in [0.2, 0.25) is 0 Å². The number of rotatable bonds is 7. The lowest BCUT2D eigenvalue weighted by atomic mass is 10.1. The Hall–Kier alpha value is -4.24. The number of nitrogens with two attached hydrogens (primary N) is 1. The Balaban J connectivity index is 1.54. The number of fused-ring (bicyclic) bond motifs is 2. The van der Waals surface area contributed by atoms with Crippen LogP contribution in [0, 0.1) is 0 Å². The van der Waals surface area contributed by atoms with Crippen molar-refractivity contribution in [1.29, 1.82) is 0 Å². The van der Waals surface area contributed by atoms with Crippen LogP contribution in [0.15, 0.2) is 67.1 Å². The summed E-state index contributed by atoms with van der Waals surface area (Å²) in [6.45, 7) is 0.659. The predicted octanol–water partition coefficient (Wildman–Crippen LogP) is 4.22. The molecule has 4 heterocycles. The summed E-state index contributed by atoms with van der Waals surface area (Å²) >= 11 is 0. The molecule has 0 bridgehead atoms. The van der Waals surface area contributed by atoms with Gasteiger partial charge in [-0.1, -0.05) is 30.3 Å². The summed E-state index contributed by atoms with van der Waals surface area (Å²) in [5.41, 5.74) is 10.1. The predicted molar refractivity (Wildman–Crippen MR) is 142 cm³/mol. The molecule has 9 nitrogen and oxygen atoms in total. The number of aromatic nitrogens is 5. The summed E-state index contributed by atoms with van der Waals surface area (Å²) in [5.74, 6) is 0.242. The van der Waals surface area contributed by atoms with Crippen LogP contribution in [0.4, 0.5) is 5.82 Å². The van der Waals surface area contributed by atoms with E-state index >= 15 is 0 Å². The van der Waals surface area contributed by atoms with Gasteiger partial charge in [0, 0.05) is 50.1 Å². The van der Waals surface area contributed by atoms with E-state index in [0.29, 0.717) is 12.2 Å². The lowest BCUT2D eigenvalue weighted by Gasteiger charge is -2.21. The molecule has 37 heavy (non-hydrogen) atoms. The molecule has 1 aromatic carbocycles. The summed E-state index contributed by atoms with van der Waals surface area (Å²) in [5, 5.41) is 5.46. The van der Waals surface area contributed by atoms with Crippen molar-refractivity contribution in [2.45, 2.75) is 38.0 Å². The summed E-state index contributed by atoms with van der Waals surface area (Å²) in [7, 11) is 3.78. The third-order valence-electron chi connectivity index (χ3n) is 7.32. The van der Waals surface area contributed by atoms with E-state index in [1.54, 1.807) is 11.6 Å². The topological polar surface area (TPSA) is 104 Å². The van der Waals surface area contributed by atoms with Crippen LogP contribution in [-0.2, 0) is 11.3 Å². The van der Waals surface area contributed by atoms with Gasteiger partial charge >= 0.3 is 0 Å². The number of carbonyl (C=O) groups excluding carboxylic acids is 1. The highest BCUT2D eigenvalue weighted by Gasteiger charge is 2.31. The van der Waals surface area contributed by atoms with E-state index < -0.39 is 5.91 Å². The largest absolute Gasteiger partial charge is 0.379 e. The Morgan fingerprint density at radius 2 is 2.00 bits per heavy atom. The van der Waals surface area contributed by atoms with Crippen molar-refractivity contribution in [3.8, 4) is 11.3 Å². The fourth-order valence-corrected chi connectivity index (χ4v) is 5.51. The molecule has 1 aliphatic carbocycles. The molecule has 6 rings (SSSR count). The molecular formula is C28H29N7O2. The number of nitrogens with zero attached hydrogens (tertiary/aromatic N) is 6. The van der Waals surface area contributed by atoms with Gasteiger partial charge in [0.1, 0.15) is 17.0 Å². The molecule has 2 atom stereocenters. The van der Waals surface area contributed by atoms with Crippen LogP contribution in [0.25, 0.3) is 27.9 Å². The Morgan fingerprint density at radius 3 is 2.78 bits per heavy atom. The molecular weight excluding hydrogens is 466 g/mol. The van der Waals surface area contributed by atoms with E-state index in [4.69, 9.17) is 20.4 Å². The van der Waals surface area contributed by atoms with Crippen molar-refractivity contribution >= 4 is 28.4 Å². The molecule has 1 amide bonds. The third kappa shape index (κ3) is 4.01. The van der Waals surface area contributed by atoms with Crippen LogP contribution in [0.3, 0.4) is 0 Å². The van der Waals surface area contributed by atoms with Crippen molar-refractivity contribution in [3.05, 3.63) is 78.2 Å². The normalized spacial score (nSPS) is 17.6. The van der Waals surface area contributed by atoms with Crippen molar-refractivity contribution in [2.75, 3.05) is 19.1 Å². The van der Waals surface area contributed by atoms with Crippen molar-refractivity contribution in [3.63, 3.8) is 0 Å². The average molecular weight is 496 g/mol. The SMILES string of the molecule is CO[C@@H]1CCC[C@H]1n1cc(-c2cc(N(C)Cc3ccccc3)n3ncc(C(N)=O)c3n2)c2cccnc21. The van der Waals surface area contributed by atoms with Gasteiger partial charge in [0.15, 0.2) is 5.65 Å². The van der Waals surface area contributed by atoms with Gasteiger partial charge in [0.25, 0.3) is 5.91 Å². The first kappa shape index (κ1) is 23.2. The van der Waals surface area contributed by atoms with Crippen LogP contribution < -0.4 is 10.6 Å². The Kier molecular flexibility index (Phi) is 5.84. The summed E-state index contributed by atoms with van der Waals surface area (Å²) in [6, 6.07) is 16.4. The molecule has 5 aromatic rings. The number of methoxy groups -OCH3 is 1. The monoisotopic (exact) mass is 495 g/mol. The maximum atomic E-state index is 12.2. The van der Waals surface area contributed by atoms with Gasteiger partial charge in [-0.05, 0) is 37.0 Å². The first-order valence-electron chi connectivity index (χ1n) is 12.5. The number of pyridine rings is 1. The number of anilines is 1. The Bertz CT molecular complexity index is 1590. The van der Waals surface area contributed by atoms with Crippen LogP contribution in [-0.4, -0.2) is 50.3 Å².